The predicted octanol–water partition coefficient (Wildman–Crippen LogP) is 3.68. The topological polar surface area (TPSA) is 41.4 Å². The zero-order valence-corrected chi connectivity index (χ0v) is 16.7. The molecule has 0 saturated carbocycles. The van der Waals surface area contributed by atoms with Gasteiger partial charge in [0.15, 0.2) is 0 Å². The van der Waals surface area contributed by atoms with Gasteiger partial charge in [-0.05, 0) is 41.5 Å². The molecule has 0 atom stereocenters. The van der Waals surface area contributed by atoms with Gasteiger partial charge in [0, 0.05) is 55.7 Å². The first-order valence-electron chi connectivity index (χ1n) is 9.60. The Bertz CT molecular complexity index is 967. The number of rotatable bonds is 5. The van der Waals surface area contributed by atoms with Crippen molar-refractivity contribution >= 4 is 17.5 Å². The maximum Gasteiger partial charge on any atom is 0.253 e. The van der Waals surface area contributed by atoms with Crippen molar-refractivity contribution in [1.82, 2.24) is 19.6 Å². The van der Waals surface area contributed by atoms with Gasteiger partial charge >= 0.3 is 0 Å². The molecule has 5 nitrogen and oxygen atoms in total. The molecule has 1 fully saturated rings. The minimum atomic E-state index is -0.329. The normalized spacial score (nSPS) is 14.9. The summed E-state index contributed by atoms with van der Waals surface area (Å²) in [5.41, 5.74) is 2.70. The summed E-state index contributed by atoms with van der Waals surface area (Å²) in [7, 11) is 0. The molecule has 1 saturated heterocycles. The highest BCUT2D eigenvalue weighted by Crippen LogP contribution is 2.20. The number of hydrogen-bond acceptors (Lipinski definition) is 3. The highest BCUT2D eigenvalue weighted by Gasteiger charge is 2.22. The number of nitrogens with zero attached hydrogens (tertiary/aromatic N) is 4. The molecule has 0 spiro atoms. The first-order chi connectivity index (χ1) is 14.1. The Morgan fingerprint density at radius 3 is 2.45 bits per heavy atom. The number of benzene rings is 2. The van der Waals surface area contributed by atoms with Crippen LogP contribution in [0.2, 0.25) is 5.02 Å². The fourth-order valence-electron chi connectivity index (χ4n) is 3.52. The van der Waals surface area contributed by atoms with E-state index in [9.17, 15) is 9.18 Å². The maximum atomic E-state index is 13.2. The van der Waals surface area contributed by atoms with Crippen molar-refractivity contribution in [3.8, 4) is 0 Å². The van der Waals surface area contributed by atoms with E-state index in [4.69, 9.17) is 11.6 Å². The molecule has 1 aromatic heterocycles. The Labute approximate surface area is 174 Å². The van der Waals surface area contributed by atoms with Gasteiger partial charge in [0.2, 0.25) is 0 Å². The summed E-state index contributed by atoms with van der Waals surface area (Å²) in [6, 6.07) is 14.1. The van der Waals surface area contributed by atoms with E-state index < -0.39 is 0 Å². The smallest absolute Gasteiger partial charge is 0.253 e. The van der Waals surface area contributed by atoms with Gasteiger partial charge in [-0.15, -0.1) is 0 Å². The second-order valence-corrected chi connectivity index (χ2v) is 7.61. The second kappa shape index (κ2) is 8.76. The van der Waals surface area contributed by atoms with Crippen LogP contribution in [0.5, 0.6) is 0 Å². The van der Waals surface area contributed by atoms with Gasteiger partial charge in [0.05, 0.1) is 6.54 Å². The number of halogens is 2. The van der Waals surface area contributed by atoms with Crippen LogP contribution in [-0.2, 0) is 13.1 Å². The van der Waals surface area contributed by atoms with Gasteiger partial charge in [-0.2, -0.15) is 5.10 Å². The van der Waals surface area contributed by atoms with Crippen LogP contribution in [-0.4, -0.2) is 51.7 Å². The standard InChI is InChI=1S/C22H22ClFN4O/c23-21-14-20(24)7-6-19(21)16-26-10-12-27(13-11-26)22(29)18-4-2-17(3-5-18)15-28-9-1-8-25-28/h1-9,14H,10-13,15-16H2. The van der Waals surface area contributed by atoms with Crippen LogP contribution >= 0.6 is 11.6 Å². The molecule has 1 amide bonds. The molecule has 1 aliphatic rings. The van der Waals surface area contributed by atoms with E-state index in [1.165, 1.54) is 12.1 Å². The van der Waals surface area contributed by atoms with Crippen molar-refractivity contribution in [3.05, 3.63) is 88.5 Å². The first kappa shape index (κ1) is 19.6. The molecule has 0 radical (unpaired) electrons. The molecule has 0 bridgehead atoms. The van der Waals surface area contributed by atoms with Gasteiger partial charge in [0.25, 0.3) is 5.91 Å². The highest BCUT2D eigenvalue weighted by atomic mass is 35.5. The molecule has 2 aromatic carbocycles. The lowest BCUT2D eigenvalue weighted by Gasteiger charge is -2.35. The second-order valence-electron chi connectivity index (χ2n) is 7.20. The van der Waals surface area contributed by atoms with E-state index in [-0.39, 0.29) is 11.7 Å². The maximum absolute atomic E-state index is 13.2. The van der Waals surface area contributed by atoms with Crippen molar-refractivity contribution in [3.63, 3.8) is 0 Å². The Morgan fingerprint density at radius 1 is 1.03 bits per heavy atom. The van der Waals surface area contributed by atoms with Crippen LogP contribution in [0.1, 0.15) is 21.5 Å². The Balaban J connectivity index is 1.31. The number of carbonyl (C=O) groups is 1. The molecular weight excluding hydrogens is 391 g/mol. The predicted molar refractivity (Wildman–Crippen MR) is 110 cm³/mol. The third-order valence-electron chi connectivity index (χ3n) is 5.17. The summed E-state index contributed by atoms with van der Waals surface area (Å²) >= 11 is 6.13. The Hall–Kier alpha value is -2.70. The van der Waals surface area contributed by atoms with Crippen LogP contribution in [0.4, 0.5) is 4.39 Å². The van der Waals surface area contributed by atoms with Crippen LogP contribution in [0, 0.1) is 5.82 Å². The zero-order valence-electron chi connectivity index (χ0n) is 16.0. The lowest BCUT2D eigenvalue weighted by molar-refractivity contribution is 0.0628. The van der Waals surface area contributed by atoms with Crippen LogP contribution in [0.15, 0.2) is 60.9 Å². The van der Waals surface area contributed by atoms with Gasteiger partial charge in [-0.25, -0.2) is 4.39 Å². The highest BCUT2D eigenvalue weighted by molar-refractivity contribution is 6.31. The van der Waals surface area contributed by atoms with E-state index in [0.717, 1.165) is 24.2 Å². The molecule has 29 heavy (non-hydrogen) atoms. The van der Waals surface area contributed by atoms with E-state index in [1.807, 2.05) is 46.1 Å². The average molecular weight is 413 g/mol. The minimum absolute atomic E-state index is 0.0510. The molecule has 4 rings (SSSR count). The molecule has 2 heterocycles. The molecular formula is C22H22ClFN4O. The molecule has 7 heteroatoms. The molecule has 0 unspecified atom stereocenters. The van der Waals surface area contributed by atoms with Crippen molar-refractivity contribution in [1.29, 1.82) is 0 Å². The number of amides is 1. The van der Waals surface area contributed by atoms with Gasteiger partial charge in [0.1, 0.15) is 5.82 Å². The van der Waals surface area contributed by atoms with E-state index in [0.29, 0.717) is 36.8 Å². The van der Waals surface area contributed by atoms with Crippen LogP contribution in [0.25, 0.3) is 0 Å². The monoisotopic (exact) mass is 412 g/mol. The largest absolute Gasteiger partial charge is 0.336 e. The number of piperazine rings is 1. The Kier molecular flexibility index (Phi) is 5.92. The molecule has 150 valence electrons. The summed E-state index contributed by atoms with van der Waals surface area (Å²) in [5, 5.41) is 4.64. The van der Waals surface area contributed by atoms with Gasteiger partial charge in [-0.3, -0.25) is 14.4 Å². The molecule has 0 N–H and O–H groups in total. The number of aromatic nitrogens is 2. The van der Waals surface area contributed by atoms with Crippen LogP contribution < -0.4 is 0 Å². The average Bonchev–Trinajstić information content (AvgIpc) is 3.24. The first-order valence-corrected chi connectivity index (χ1v) is 9.98. The summed E-state index contributed by atoms with van der Waals surface area (Å²) in [6.07, 6.45) is 3.67. The van der Waals surface area contributed by atoms with Crippen LogP contribution in [0.3, 0.4) is 0 Å². The molecule has 3 aromatic rings. The number of hydrogen-bond donors (Lipinski definition) is 0. The third-order valence-corrected chi connectivity index (χ3v) is 5.53. The quantitative estimate of drug-likeness (QED) is 0.642. The fraction of sp³-hybridized carbons (Fsp3) is 0.273. The third kappa shape index (κ3) is 4.83. The lowest BCUT2D eigenvalue weighted by atomic mass is 10.1. The zero-order chi connectivity index (χ0) is 20.2. The summed E-state index contributed by atoms with van der Waals surface area (Å²) in [5.74, 6) is -0.278. The minimum Gasteiger partial charge on any atom is -0.336 e. The Morgan fingerprint density at radius 2 is 1.79 bits per heavy atom. The van der Waals surface area contributed by atoms with E-state index in [2.05, 4.69) is 10.00 Å². The van der Waals surface area contributed by atoms with Crippen molar-refractivity contribution in [2.24, 2.45) is 0 Å². The lowest BCUT2D eigenvalue weighted by Crippen LogP contribution is -2.48. The molecule has 1 aliphatic heterocycles. The summed E-state index contributed by atoms with van der Waals surface area (Å²) in [6.45, 7) is 4.18. The summed E-state index contributed by atoms with van der Waals surface area (Å²) < 4.78 is 15.1. The van der Waals surface area contributed by atoms with Gasteiger partial charge in [-0.1, -0.05) is 29.8 Å². The fourth-order valence-corrected chi connectivity index (χ4v) is 3.74. The molecule has 0 aliphatic carbocycles. The van der Waals surface area contributed by atoms with E-state index >= 15 is 0 Å². The van der Waals surface area contributed by atoms with Gasteiger partial charge < -0.3 is 4.90 Å². The SMILES string of the molecule is O=C(c1ccc(Cn2cccn2)cc1)N1CCN(Cc2ccc(F)cc2Cl)CC1. The van der Waals surface area contributed by atoms with Crippen molar-refractivity contribution < 1.29 is 9.18 Å². The van der Waals surface area contributed by atoms with E-state index in [1.54, 1.807) is 12.3 Å². The van der Waals surface area contributed by atoms with Crippen molar-refractivity contribution in [2.45, 2.75) is 13.1 Å². The van der Waals surface area contributed by atoms with Crippen molar-refractivity contribution in [2.75, 3.05) is 26.2 Å². The number of carbonyl (C=O) groups excluding carboxylic acids is 1. The summed E-state index contributed by atoms with van der Waals surface area (Å²) in [4.78, 5) is 16.9.